The van der Waals surface area contributed by atoms with E-state index in [1.165, 1.54) is 32.1 Å². The monoisotopic (exact) mass is 186 g/mol. The zero-order valence-electron chi connectivity index (χ0n) is 9.81. The van der Waals surface area contributed by atoms with E-state index in [9.17, 15) is 0 Å². The smallest absolute Gasteiger partial charge is 0.0487 e. The molecule has 2 unspecified atom stereocenters. The van der Waals surface area contributed by atoms with Gasteiger partial charge in [-0.1, -0.05) is 46.5 Å². The molecule has 13 heavy (non-hydrogen) atoms. The van der Waals surface area contributed by atoms with Gasteiger partial charge in [-0.3, -0.25) is 0 Å². The van der Waals surface area contributed by atoms with Gasteiger partial charge in [-0.25, -0.2) is 0 Å². The van der Waals surface area contributed by atoms with Crippen molar-refractivity contribution in [3.8, 4) is 0 Å². The lowest BCUT2D eigenvalue weighted by atomic mass is 9.90. The molecule has 0 aliphatic rings. The highest BCUT2D eigenvalue weighted by atomic mass is 16.5. The molecule has 0 aromatic carbocycles. The minimum absolute atomic E-state index is 0.729. The summed E-state index contributed by atoms with van der Waals surface area (Å²) in [6.45, 7) is 7.78. The molecule has 0 amide bonds. The normalized spacial score (nSPS) is 15.7. The van der Waals surface area contributed by atoms with Crippen LogP contribution in [0.1, 0.15) is 52.9 Å². The van der Waals surface area contributed by atoms with Crippen LogP contribution in [0.5, 0.6) is 0 Å². The summed E-state index contributed by atoms with van der Waals surface area (Å²) < 4.78 is 5.15. The maximum Gasteiger partial charge on any atom is 0.0487 e. The topological polar surface area (TPSA) is 9.23 Å². The second kappa shape index (κ2) is 8.55. The lowest BCUT2D eigenvalue weighted by Gasteiger charge is -2.18. The van der Waals surface area contributed by atoms with Crippen LogP contribution in [0.15, 0.2) is 0 Å². The average Bonchev–Trinajstić information content (AvgIpc) is 2.12. The Labute approximate surface area is 83.9 Å². The minimum Gasteiger partial charge on any atom is -0.384 e. The molecule has 0 aliphatic heterocycles. The minimum atomic E-state index is 0.729. The van der Waals surface area contributed by atoms with E-state index in [0.717, 1.165) is 18.4 Å². The number of hydrogen-bond acceptors (Lipinski definition) is 1. The molecule has 1 nitrogen and oxygen atoms in total. The molecule has 0 saturated carbocycles. The van der Waals surface area contributed by atoms with Crippen LogP contribution >= 0.6 is 0 Å². The van der Waals surface area contributed by atoms with Gasteiger partial charge in [-0.05, 0) is 18.3 Å². The lowest BCUT2D eigenvalue weighted by Crippen LogP contribution is -2.10. The van der Waals surface area contributed by atoms with Gasteiger partial charge in [0.25, 0.3) is 0 Å². The van der Waals surface area contributed by atoms with Crippen molar-refractivity contribution in [1.29, 1.82) is 0 Å². The number of unbranched alkanes of at least 4 members (excludes halogenated alkanes) is 1. The first-order chi connectivity index (χ1) is 6.24. The van der Waals surface area contributed by atoms with Gasteiger partial charge >= 0.3 is 0 Å². The Kier molecular flexibility index (Phi) is 8.53. The van der Waals surface area contributed by atoms with Crippen LogP contribution in [0.4, 0.5) is 0 Å². The third-order valence-electron chi connectivity index (χ3n) is 2.73. The van der Waals surface area contributed by atoms with Crippen LogP contribution in [0.2, 0.25) is 0 Å². The van der Waals surface area contributed by atoms with E-state index in [-0.39, 0.29) is 0 Å². The predicted octanol–water partition coefficient (Wildman–Crippen LogP) is 3.88. The largest absolute Gasteiger partial charge is 0.384 e. The van der Waals surface area contributed by atoms with E-state index < -0.39 is 0 Å². The van der Waals surface area contributed by atoms with Crippen molar-refractivity contribution in [2.75, 3.05) is 13.7 Å². The second-order valence-corrected chi connectivity index (χ2v) is 4.21. The second-order valence-electron chi connectivity index (χ2n) is 4.21. The summed E-state index contributed by atoms with van der Waals surface area (Å²) in [5.74, 6) is 1.65. The molecule has 0 aromatic rings. The summed E-state index contributed by atoms with van der Waals surface area (Å²) >= 11 is 0. The summed E-state index contributed by atoms with van der Waals surface area (Å²) in [5.41, 5.74) is 0. The number of hydrogen-bond donors (Lipinski definition) is 0. The predicted molar refractivity (Wildman–Crippen MR) is 59.0 cm³/mol. The Morgan fingerprint density at radius 2 is 1.92 bits per heavy atom. The summed E-state index contributed by atoms with van der Waals surface area (Å²) in [6.07, 6.45) is 6.78. The Morgan fingerprint density at radius 1 is 1.23 bits per heavy atom. The fourth-order valence-electron chi connectivity index (χ4n) is 1.90. The molecule has 0 spiro atoms. The quantitative estimate of drug-likeness (QED) is 0.559. The van der Waals surface area contributed by atoms with Crippen LogP contribution in [-0.4, -0.2) is 13.7 Å². The molecule has 0 bridgehead atoms. The van der Waals surface area contributed by atoms with Crippen LogP contribution in [0.25, 0.3) is 0 Å². The number of ether oxygens (including phenoxy) is 1. The molecule has 0 aliphatic carbocycles. The Hall–Kier alpha value is -0.0400. The van der Waals surface area contributed by atoms with Crippen molar-refractivity contribution in [2.24, 2.45) is 11.8 Å². The van der Waals surface area contributed by atoms with E-state index in [0.29, 0.717) is 0 Å². The molecule has 0 saturated heterocycles. The molecule has 1 heteroatoms. The van der Waals surface area contributed by atoms with Crippen LogP contribution in [0.3, 0.4) is 0 Å². The van der Waals surface area contributed by atoms with Crippen LogP contribution in [-0.2, 0) is 4.74 Å². The van der Waals surface area contributed by atoms with Gasteiger partial charge in [0, 0.05) is 13.7 Å². The zero-order valence-corrected chi connectivity index (χ0v) is 9.81. The van der Waals surface area contributed by atoms with Gasteiger partial charge in [-0.15, -0.1) is 0 Å². The molecular formula is C12H26O. The van der Waals surface area contributed by atoms with E-state index in [1.807, 2.05) is 0 Å². The first kappa shape index (κ1) is 13.0. The summed E-state index contributed by atoms with van der Waals surface area (Å²) in [5, 5.41) is 0. The van der Waals surface area contributed by atoms with E-state index in [1.54, 1.807) is 7.11 Å². The maximum absolute atomic E-state index is 5.15. The van der Waals surface area contributed by atoms with E-state index in [4.69, 9.17) is 4.74 Å². The Bertz CT molecular complexity index is 101. The van der Waals surface area contributed by atoms with Gasteiger partial charge in [0.15, 0.2) is 0 Å². The van der Waals surface area contributed by atoms with Gasteiger partial charge in [0.1, 0.15) is 0 Å². The molecule has 80 valence electrons. The number of rotatable bonds is 8. The fourth-order valence-corrected chi connectivity index (χ4v) is 1.90. The fraction of sp³-hybridized carbons (Fsp3) is 1.00. The molecule has 0 aromatic heterocycles. The van der Waals surface area contributed by atoms with Crippen molar-refractivity contribution in [3.05, 3.63) is 0 Å². The summed E-state index contributed by atoms with van der Waals surface area (Å²) in [6, 6.07) is 0. The van der Waals surface area contributed by atoms with Crippen molar-refractivity contribution in [1.82, 2.24) is 0 Å². The lowest BCUT2D eigenvalue weighted by molar-refractivity contribution is 0.144. The molecule has 2 atom stereocenters. The van der Waals surface area contributed by atoms with Gasteiger partial charge in [0.2, 0.25) is 0 Å². The highest BCUT2D eigenvalue weighted by Crippen LogP contribution is 2.21. The van der Waals surface area contributed by atoms with E-state index >= 15 is 0 Å². The first-order valence-electron chi connectivity index (χ1n) is 5.73. The third kappa shape index (κ3) is 7.06. The van der Waals surface area contributed by atoms with E-state index in [2.05, 4.69) is 20.8 Å². The van der Waals surface area contributed by atoms with Crippen molar-refractivity contribution < 1.29 is 4.74 Å². The molecule has 0 N–H and O–H groups in total. The summed E-state index contributed by atoms with van der Waals surface area (Å²) in [4.78, 5) is 0. The van der Waals surface area contributed by atoms with Gasteiger partial charge in [0.05, 0.1) is 0 Å². The molecule has 0 heterocycles. The third-order valence-corrected chi connectivity index (χ3v) is 2.73. The standard InChI is InChI=1S/C12H26O/c1-5-7-8-12(6-2)9-11(3)10-13-4/h11-12H,5-10H2,1-4H3. The molecule has 0 rings (SSSR count). The SMILES string of the molecule is CCCCC(CC)CC(C)COC. The average molecular weight is 186 g/mol. The molecule has 0 fully saturated rings. The zero-order chi connectivity index (χ0) is 10.1. The summed E-state index contributed by atoms with van der Waals surface area (Å²) in [7, 11) is 1.80. The molecule has 0 radical (unpaired) electrons. The van der Waals surface area contributed by atoms with Crippen LogP contribution in [0, 0.1) is 11.8 Å². The Balaban J connectivity index is 3.56. The van der Waals surface area contributed by atoms with Crippen molar-refractivity contribution >= 4 is 0 Å². The maximum atomic E-state index is 5.15. The Morgan fingerprint density at radius 3 is 2.38 bits per heavy atom. The molecular weight excluding hydrogens is 160 g/mol. The first-order valence-corrected chi connectivity index (χ1v) is 5.73. The number of methoxy groups -OCH3 is 1. The van der Waals surface area contributed by atoms with Gasteiger partial charge in [-0.2, -0.15) is 0 Å². The van der Waals surface area contributed by atoms with Gasteiger partial charge < -0.3 is 4.74 Å². The highest BCUT2D eigenvalue weighted by molar-refractivity contribution is 4.62. The highest BCUT2D eigenvalue weighted by Gasteiger charge is 2.10. The van der Waals surface area contributed by atoms with Crippen molar-refractivity contribution in [3.63, 3.8) is 0 Å². The van der Waals surface area contributed by atoms with Crippen molar-refractivity contribution in [2.45, 2.75) is 52.9 Å². The van der Waals surface area contributed by atoms with Crippen LogP contribution < -0.4 is 0 Å².